The summed E-state index contributed by atoms with van der Waals surface area (Å²) >= 11 is 1.93. The van der Waals surface area contributed by atoms with E-state index in [4.69, 9.17) is 0 Å². The maximum atomic E-state index is 11.9. The summed E-state index contributed by atoms with van der Waals surface area (Å²) in [6.07, 6.45) is 3.55. The maximum Gasteiger partial charge on any atom is 0.315 e. The molecule has 2 fully saturated rings. The average molecular weight is 333 g/mol. The fourth-order valence-electron chi connectivity index (χ4n) is 3.16. The Bertz CT molecular complexity index is 552. The molecule has 124 valence electrons. The van der Waals surface area contributed by atoms with Crippen LogP contribution in [-0.2, 0) is 11.3 Å². The first kappa shape index (κ1) is 16.2. The molecule has 3 N–H and O–H groups in total. The Morgan fingerprint density at radius 3 is 2.87 bits per heavy atom. The smallest absolute Gasteiger partial charge is 0.315 e. The van der Waals surface area contributed by atoms with Crippen molar-refractivity contribution in [3.8, 4) is 0 Å². The normalized spacial score (nSPS) is 25.6. The molecule has 0 unspecified atom stereocenters. The van der Waals surface area contributed by atoms with Gasteiger partial charge in [0.05, 0.1) is 12.1 Å². The summed E-state index contributed by atoms with van der Waals surface area (Å²) in [5.74, 6) is 1.10. The Morgan fingerprint density at radius 2 is 2.04 bits per heavy atom. The minimum absolute atomic E-state index is 0.0365. The van der Waals surface area contributed by atoms with Crippen LogP contribution in [0, 0.1) is 0 Å². The number of hydrogen-bond acceptors (Lipinski definition) is 3. The van der Waals surface area contributed by atoms with Gasteiger partial charge in [0.1, 0.15) is 0 Å². The van der Waals surface area contributed by atoms with Crippen molar-refractivity contribution in [3.05, 3.63) is 35.9 Å². The first-order chi connectivity index (χ1) is 11.2. The first-order valence-corrected chi connectivity index (χ1v) is 9.26. The molecule has 3 rings (SSSR count). The van der Waals surface area contributed by atoms with Crippen LogP contribution < -0.4 is 16.0 Å². The van der Waals surface area contributed by atoms with Crippen molar-refractivity contribution in [2.45, 2.75) is 49.6 Å². The highest BCUT2D eigenvalue weighted by atomic mass is 32.2. The van der Waals surface area contributed by atoms with Crippen LogP contribution in [-0.4, -0.2) is 35.0 Å². The number of nitrogens with one attached hydrogen (secondary N) is 3. The average Bonchev–Trinajstić information content (AvgIpc) is 3.10. The summed E-state index contributed by atoms with van der Waals surface area (Å²) in [5.41, 5.74) is 1.12. The fourth-order valence-corrected chi connectivity index (χ4v) is 4.70. The summed E-state index contributed by atoms with van der Waals surface area (Å²) in [6.45, 7) is 0.597. The van der Waals surface area contributed by atoms with Crippen molar-refractivity contribution in [2.75, 3.05) is 5.75 Å². The number of unbranched alkanes of at least 4 members (excludes halogenated alkanes) is 1. The molecule has 0 aromatic heterocycles. The van der Waals surface area contributed by atoms with E-state index in [1.807, 2.05) is 42.1 Å². The molecule has 0 saturated carbocycles. The topological polar surface area (TPSA) is 70.2 Å². The number of carbonyl (C=O) groups is 2. The van der Waals surface area contributed by atoms with Gasteiger partial charge in [0, 0.05) is 24.0 Å². The van der Waals surface area contributed by atoms with E-state index in [1.54, 1.807) is 0 Å². The van der Waals surface area contributed by atoms with Crippen LogP contribution in [0.2, 0.25) is 0 Å². The van der Waals surface area contributed by atoms with Gasteiger partial charge >= 0.3 is 6.03 Å². The molecular weight excluding hydrogens is 310 g/mol. The number of fused-ring (bicyclic) bond motifs is 1. The lowest BCUT2D eigenvalue weighted by Crippen LogP contribution is -2.36. The molecule has 2 aliphatic rings. The van der Waals surface area contributed by atoms with Crippen molar-refractivity contribution < 1.29 is 9.59 Å². The number of benzene rings is 1. The zero-order valence-electron chi connectivity index (χ0n) is 13.1. The van der Waals surface area contributed by atoms with Gasteiger partial charge < -0.3 is 16.0 Å². The summed E-state index contributed by atoms with van der Waals surface area (Å²) in [7, 11) is 0. The van der Waals surface area contributed by atoms with Gasteiger partial charge in [-0.05, 0) is 18.4 Å². The number of carbonyl (C=O) groups excluding carboxylic acids is 2. The van der Waals surface area contributed by atoms with Gasteiger partial charge in [-0.1, -0.05) is 36.8 Å². The third kappa shape index (κ3) is 4.41. The van der Waals surface area contributed by atoms with E-state index >= 15 is 0 Å². The number of rotatable bonds is 7. The van der Waals surface area contributed by atoms with Crippen molar-refractivity contribution in [3.63, 3.8) is 0 Å². The second-order valence-corrected chi connectivity index (χ2v) is 7.40. The molecule has 0 aliphatic carbocycles. The van der Waals surface area contributed by atoms with E-state index in [-0.39, 0.29) is 24.0 Å². The van der Waals surface area contributed by atoms with Gasteiger partial charge in [-0.2, -0.15) is 11.8 Å². The standard InChI is InChI=1S/C17H23N3O2S/c21-15(18-10-12-6-2-1-3-7-12)9-5-4-8-14-16-13(11-23-14)19-17(22)20-16/h1-3,6-7,13-14,16H,4-5,8-11H2,(H,18,21)(H2,19,20,22)/t13-,14-,16-/m0/s1. The summed E-state index contributed by atoms with van der Waals surface area (Å²) in [6, 6.07) is 10.5. The Morgan fingerprint density at radius 1 is 1.22 bits per heavy atom. The van der Waals surface area contributed by atoms with Crippen LogP contribution >= 0.6 is 11.8 Å². The van der Waals surface area contributed by atoms with Crippen LogP contribution in [0.25, 0.3) is 0 Å². The zero-order chi connectivity index (χ0) is 16.1. The molecule has 1 aromatic carbocycles. The van der Waals surface area contributed by atoms with E-state index < -0.39 is 0 Å². The number of amides is 3. The molecule has 0 spiro atoms. The second-order valence-electron chi connectivity index (χ2n) is 6.13. The third-order valence-corrected chi connectivity index (χ3v) is 5.92. The van der Waals surface area contributed by atoms with E-state index in [9.17, 15) is 9.59 Å². The molecule has 0 radical (unpaired) electrons. The summed E-state index contributed by atoms with van der Waals surface area (Å²) in [5, 5.41) is 9.39. The second kappa shape index (κ2) is 7.73. The van der Waals surface area contributed by atoms with E-state index in [0.717, 1.165) is 30.6 Å². The Hall–Kier alpha value is -1.69. The Labute approximate surface area is 141 Å². The fraction of sp³-hybridized carbons (Fsp3) is 0.529. The van der Waals surface area contributed by atoms with Gasteiger partial charge in [0.15, 0.2) is 0 Å². The number of urea groups is 1. The van der Waals surface area contributed by atoms with Crippen molar-refractivity contribution in [1.82, 2.24) is 16.0 Å². The monoisotopic (exact) mass is 333 g/mol. The SMILES string of the molecule is O=C(CCCC[C@@H]1SC[C@@H]2NC(=O)N[C@@H]21)NCc1ccccc1. The third-order valence-electron chi connectivity index (χ3n) is 4.41. The van der Waals surface area contributed by atoms with Crippen molar-refractivity contribution in [2.24, 2.45) is 0 Å². The molecule has 2 saturated heterocycles. The highest BCUT2D eigenvalue weighted by Crippen LogP contribution is 2.33. The number of hydrogen-bond donors (Lipinski definition) is 3. The molecule has 0 bridgehead atoms. The number of thioether (sulfide) groups is 1. The van der Waals surface area contributed by atoms with Gasteiger partial charge in [0.25, 0.3) is 0 Å². The Balaban J connectivity index is 1.29. The van der Waals surface area contributed by atoms with Crippen LogP contribution in [0.4, 0.5) is 4.79 Å². The van der Waals surface area contributed by atoms with E-state index in [0.29, 0.717) is 18.2 Å². The lowest BCUT2D eigenvalue weighted by Gasteiger charge is -2.16. The van der Waals surface area contributed by atoms with Crippen molar-refractivity contribution in [1.29, 1.82) is 0 Å². The van der Waals surface area contributed by atoms with Crippen LogP contribution in [0.1, 0.15) is 31.2 Å². The molecule has 1 aromatic rings. The van der Waals surface area contributed by atoms with Gasteiger partial charge in [0.2, 0.25) is 5.91 Å². The zero-order valence-corrected chi connectivity index (χ0v) is 13.9. The minimum Gasteiger partial charge on any atom is -0.352 e. The first-order valence-electron chi connectivity index (χ1n) is 8.21. The molecule has 3 amide bonds. The molecule has 6 heteroatoms. The van der Waals surface area contributed by atoms with E-state index in [2.05, 4.69) is 16.0 Å². The maximum absolute atomic E-state index is 11.9. The largest absolute Gasteiger partial charge is 0.352 e. The van der Waals surface area contributed by atoms with Crippen LogP contribution in [0.5, 0.6) is 0 Å². The molecule has 2 aliphatic heterocycles. The molecule has 2 heterocycles. The van der Waals surface area contributed by atoms with E-state index in [1.165, 1.54) is 0 Å². The molecule has 5 nitrogen and oxygen atoms in total. The quantitative estimate of drug-likeness (QED) is 0.528. The lowest BCUT2D eigenvalue weighted by atomic mass is 10.0. The highest BCUT2D eigenvalue weighted by molar-refractivity contribution is 8.00. The summed E-state index contributed by atoms with van der Waals surface area (Å²) < 4.78 is 0. The predicted molar refractivity (Wildman–Crippen MR) is 92.2 cm³/mol. The molecule has 3 atom stereocenters. The predicted octanol–water partition coefficient (Wildman–Crippen LogP) is 2.03. The minimum atomic E-state index is -0.0365. The van der Waals surface area contributed by atoms with Gasteiger partial charge in [-0.15, -0.1) is 0 Å². The Kier molecular flexibility index (Phi) is 5.43. The van der Waals surface area contributed by atoms with Crippen LogP contribution in [0.3, 0.4) is 0 Å². The summed E-state index contributed by atoms with van der Waals surface area (Å²) in [4.78, 5) is 23.2. The highest BCUT2D eigenvalue weighted by Gasteiger charge is 2.42. The van der Waals surface area contributed by atoms with Crippen molar-refractivity contribution >= 4 is 23.7 Å². The van der Waals surface area contributed by atoms with Crippen LogP contribution in [0.15, 0.2) is 30.3 Å². The molecule has 23 heavy (non-hydrogen) atoms. The lowest BCUT2D eigenvalue weighted by molar-refractivity contribution is -0.121. The van der Waals surface area contributed by atoms with Gasteiger partial charge in [-0.3, -0.25) is 4.79 Å². The van der Waals surface area contributed by atoms with Gasteiger partial charge in [-0.25, -0.2) is 4.79 Å². The molecular formula is C17H23N3O2S.